The topological polar surface area (TPSA) is 75.7 Å². The SMILES string of the molecule is O=C1CCC(C(=O)NCCN2C(=O)COc3ccccc32)C1. The standard InChI is InChI=1S/C16H18N2O4/c19-12-6-5-11(9-12)16(21)17-7-8-18-13-3-1-2-4-14(13)22-10-15(18)20/h1-4,11H,5-10H2,(H,17,21). The quantitative estimate of drug-likeness (QED) is 0.896. The molecule has 1 heterocycles. The Hall–Kier alpha value is -2.37. The van der Waals surface area contributed by atoms with E-state index in [0.717, 1.165) is 5.69 Å². The van der Waals surface area contributed by atoms with Crippen LogP contribution >= 0.6 is 0 Å². The fourth-order valence-corrected chi connectivity index (χ4v) is 2.87. The first-order valence-corrected chi connectivity index (χ1v) is 7.47. The molecule has 1 N–H and O–H groups in total. The van der Waals surface area contributed by atoms with Gasteiger partial charge in [0.15, 0.2) is 6.61 Å². The molecule has 2 aliphatic rings. The van der Waals surface area contributed by atoms with Gasteiger partial charge in [0.05, 0.1) is 5.69 Å². The highest BCUT2D eigenvalue weighted by Crippen LogP contribution is 2.31. The van der Waals surface area contributed by atoms with Gasteiger partial charge in [-0.25, -0.2) is 0 Å². The molecule has 116 valence electrons. The molecule has 0 saturated heterocycles. The zero-order chi connectivity index (χ0) is 15.5. The van der Waals surface area contributed by atoms with Crippen molar-refractivity contribution < 1.29 is 19.1 Å². The molecule has 1 saturated carbocycles. The Bertz CT molecular complexity index is 614. The highest BCUT2D eigenvalue weighted by molar-refractivity contribution is 5.98. The number of rotatable bonds is 4. The molecule has 6 heteroatoms. The molecular formula is C16H18N2O4. The van der Waals surface area contributed by atoms with Crippen molar-refractivity contribution in [3.63, 3.8) is 0 Å². The second kappa shape index (κ2) is 6.17. The van der Waals surface area contributed by atoms with Crippen LogP contribution in [0.5, 0.6) is 5.75 Å². The van der Waals surface area contributed by atoms with E-state index in [0.29, 0.717) is 38.1 Å². The molecule has 22 heavy (non-hydrogen) atoms. The maximum absolute atomic E-state index is 12.0. The molecule has 1 fully saturated rings. The van der Waals surface area contributed by atoms with Crippen molar-refractivity contribution in [3.8, 4) is 5.75 Å². The lowest BCUT2D eigenvalue weighted by atomic mass is 10.1. The summed E-state index contributed by atoms with van der Waals surface area (Å²) >= 11 is 0. The zero-order valence-corrected chi connectivity index (χ0v) is 12.2. The van der Waals surface area contributed by atoms with E-state index < -0.39 is 0 Å². The summed E-state index contributed by atoms with van der Waals surface area (Å²) < 4.78 is 5.37. The van der Waals surface area contributed by atoms with E-state index in [1.165, 1.54) is 0 Å². The van der Waals surface area contributed by atoms with Gasteiger partial charge in [0.2, 0.25) is 5.91 Å². The molecule has 1 unspecified atom stereocenters. The van der Waals surface area contributed by atoms with Crippen molar-refractivity contribution in [2.24, 2.45) is 5.92 Å². The van der Waals surface area contributed by atoms with Crippen molar-refractivity contribution in [1.29, 1.82) is 0 Å². The predicted molar refractivity (Wildman–Crippen MR) is 79.6 cm³/mol. The van der Waals surface area contributed by atoms with Gasteiger partial charge in [-0.05, 0) is 18.6 Å². The minimum atomic E-state index is -0.208. The molecule has 0 bridgehead atoms. The molecule has 0 radical (unpaired) electrons. The summed E-state index contributed by atoms with van der Waals surface area (Å²) in [4.78, 5) is 36.8. The summed E-state index contributed by atoms with van der Waals surface area (Å²) in [6.45, 7) is 0.775. The number of ether oxygens (including phenoxy) is 1. The molecule has 2 amide bonds. The van der Waals surface area contributed by atoms with Crippen LogP contribution in [0.4, 0.5) is 5.69 Å². The average molecular weight is 302 g/mol. The van der Waals surface area contributed by atoms with Gasteiger partial charge in [-0.1, -0.05) is 12.1 Å². The Balaban J connectivity index is 1.56. The van der Waals surface area contributed by atoms with Gasteiger partial charge >= 0.3 is 0 Å². The Morgan fingerprint density at radius 3 is 2.91 bits per heavy atom. The van der Waals surface area contributed by atoms with Crippen LogP contribution in [0.15, 0.2) is 24.3 Å². The van der Waals surface area contributed by atoms with Gasteiger partial charge < -0.3 is 15.0 Å². The number of hydrogen-bond acceptors (Lipinski definition) is 4. The number of fused-ring (bicyclic) bond motifs is 1. The number of para-hydroxylation sites is 2. The first kappa shape index (κ1) is 14.6. The van der Waals surface area contributed by atoms with Crippen LogP contribution in [0.25, 0.3) is 0 Å². The molecule has 3 rings (SSSR count). The van der Waals surface area contributed by atoms with E-state index in [2.05, 4.69) is 5.32 Å². The lowest BCUT2D eigenvalue weighted by molar-refractivity contribution is -0.126. The van der Waals surface area contributed by atoms with Crippen LogP contribution in [0.3, 0.4) is 0 Å². The highest BCUT2D eigenvalue weighted by Gasteiger charge is 2.29. The Labute approximate surface area is 128 Å². The molecular weight excluding hydrogens is 284 g/mol. The molecule has 0 aromatic heterocycles. The van der Waals surface area contributed by atoms with Crippen LogP contribution in [0.2, 0.25) is 0 Å². The van der Waals surface area contributed by atoms with Gasteiger partial charge in [0.25, 0.3) is 5.91 Å². The first-order valence-electron chi connectivity index (χ1n) is 7.47. The summed E-state index contributed by atoms with van der Waals surface area (Å²) in [6.07, 6.45) is 1.46. The number of anilines is 1. The fraction of sp³-hybridized carbons (Fsp3) is 0.438. The minimum absolute atomic E-state index is 0.0160. The van der Waals surface area contributed by atoms with Gasteiger partial charge in [-0.2, -0.15) is 0 Å². The van der Waals surface area contributed by atoms with Crippen LogP contribution in [-0.2, 0) is 14.4 Å². The second-order valence-electron chi connectivity index (χ2n) is 5.57. The number of benzene rings is 1. The highest BCUT2D eigenvalue weighted by atomic mass is 16.5. The number of ketones is 1. The zero-order valence-electron chi connectivity index (χ0n) is 12.2. The first-order chi connectivity index (χ1) is 10.6. The molecule has 6 nitrogen and oxygen atoms in total. The summed E-state index contributed by atoms with van der Waals surface area (Å²) in [7, 11) is 0. The largest absolute Gasteiger partial charge is 0.482 e. The normalized spacial score (nSPS) is 20.5. The van der Waals surface area contributed by atoms with E-state index >= 15 is 0 Å². The van der Waals surface area contributed by atoms with Crippen molar-refractivity contribution in [1.82, 2.24) is 5.32 Å². The molecule has 1 aromatic carbocycles. The van der Waals surface area contributed by atoms with Crippen molar-refractivity contribution in [2.45, 2.75) is 19.3 Å². The number of nitrogens with one attached hydrogen (secondary N) is 1. The fourth-order valence-electron chi connectivity index (χ4n) is 2.87. The minimum Gasteiger partial charge on any atom is -0.482 e. The number of Topliss-reactive ketones (excluding diaryl/α,β-unsaturated/α-hetero) is 1. The van der Waals surface area contributed by atoms with Crippen molar-refractivity contribution >= 4 is 23.3 Å². The van der Waals surface area contributed by atoms with Gasteiger partial charge in [-0.15, -0.1) is 0 Å². The summed E-state index contributed by atoms with van der Waals surface area (Å²) in [5, 5.41) is 2.82. The monoisotopic (exact) mass is 302 g/mol. The summed E-state index contributed by atoms with van der Waals surface area (Å²) in [5.41, 5.74) is 0.726. The number of carbonyl (C=O) groups excluding carboxylic acids is 3. The maximum atomic E-state index is 12.0. The third kappa shape index (κ3) is 2.95. The smallest absolute Gasteiger partial charge is 0.265 e. The van der Waals surface area contributed by atoms with Crippen LogP contribution in [-0.4, -0.2) is 37.3 Å². The van der Waals surface area contributed by atoms with Crippen molar-refractivity contribution in [2.75, 3.05) is 24.6 Å². The van der Waals surface area contributed by atoms with E-state index in [4.69, 9.17) is 4.74 Å². The lowest BCUT2D eigenvalue weighted by Gasteiger charge is -2.29. The predicted octanol–water partition coefficient (Wildman–Crippen LogP) is 0.897. The summed E-state index contributed by atoms with van der Waals surface area (Å²) in [6, 6.07) is 7.34. The van der Waals surface area contributed by atoms with Gasteiger partial charge in [0.1, 0.15) is 11.5 Å². The molecule has 1 aliphatic heterocycles. The maximum Gasteiger partial charge on any atom is 0.265 e. The molecule has 1 atom stereocenters. The molecule has 0 spiro atoms. The molecule has 1 aromatic rings. The lowest BCUT2D eigenvalue weighted by Crippen LogP contribution is -2.44. The number of carbonyl (C=O) groups is 3. The second-order valence-corrected chi connectivity index (χ2v) is 5.57. The van der Waals surface area contributed by atoms with E-state index in [9.17, 15) is 14.4 Å². The Kier molecular flexibility index (Phi) is 4.09. The third-order valence-electron chi connectivity index (χ3n) is 4.06. The Morgan fingerprint density at radius 1 is 1.32 bits per heavy atom. The third-order valence-corrected chi connectivity index (χ3v) is 4.06. The van der Waals surface area contributed by atoms with Gasteiger partial charge in [0, 0.05) is 31.8 Å². The van der Waals surface area contributed by atoms with E-state index in [1.54, 1.807) is 4.90 Å². The van der Waals surface area contributed by atoms with E-state index in [-0.39, 0.29) is 30.1 Å². The average Bonchev–Trinajstić information content (AvgIpc) is 2.96. The Morgan fingerprint density at radius 2 is 2.14 bits per heavy atom. The van der Waals surface area contributed by atoms with Crippen LogP contribution in [0, 0.1) is 5.92 Å². The van der Waals surface area contributed by atoms with Gasteiger partial charge in [-0.3, -0.25) is 14.4 Å². The molecule has 1 aliphatic carbocycles. The number of hydrogen-bond donors (Lipinski definition) is 1. The van der Waals surface area contributed by atoms with E-state index in [1.807, 2.05) is 24.3 Å². The van der Waals surface area contributed by atoms with Crippen LogP contribution in [0.1, 0.15) is 19.3 Å². The van der Waals surface area contributed by atoms with Crippen molar-refractivity contribution in [3.05, 3.63) is 24.3 Å². The number of amides is 2. The summed E-state index contributed by atoms with van der Waals surface area (Å²) in [5.74, 6) is 0.399. The number of nitrogens with zero attached hydrogens (tertiary/aromatic N) is 1. The van der Waals surface area contributed by atoms with Crippen LogP contribution < -0.4 is 15.0 Å².